The Morgan fingerprint density at radius 3 is 2.26 bits per heavy atom. The summed E-state index contributed by atoms with van der Waals surface area (Å²) in [4.78, 5) is 17.5. The average molecular weight is 442 g/mol. The van der Waals surface area contributed by atoms with Gasteiger partial charge in [-0.3, -0.25) is 0 Å². The number of thioether (sulfide) groups is 1. The van der Waals surface area contributed by atoms with Gasteiger partial charge in [-0.05, 0) is 42.8 Å². The van der Waals surface area contributed by atoms with Crippen molar-refractivity contribution in [3.63, 3.8) is 0 Å². The first-order valence-electron chi connectivity index (χ1n) is 9.46. The fourth-order valence-electron chi connectivity index (χ4n) is 2.95. The molecule has 0 spiro atoms. The predicted octanol–water partition coefficient (Wildman–Crippen LogP) is 4.91. The van der Waals surface area contributed by atoms with E-state index in [9.17, 15) is 9.90 Å². The number of aliphatic imine (C=N–C) groups is 1. The van der Waals surface area contributed by atoms with Crippen LogP contribution in [0.15, 0.2) is 63.7 Å². The molecule has 0 saturated heterocycles. The van der Waals surface area contributed by atoms with Gasteiger partial charge in [-0.15, -0.1) is 0 Å². The molecule has 2 aromatic carbocycles. The number of rotatable bonds is 7. The number of carbonyl (C=O) groups is 1. The van der Waals surface area contributed by atoms with Crippen LogP contribution in [0.1, 0.15) is 12.5 Å². The molecule has 31 heavy (non-hydrogen) atoms. The molecule has 0 atom stereocenters. The lowest BCUT2D eigenvalue weighted by molar-refractivity contribution is -0.138. The van der Waals surface area contributed by atoms with Crippen LogP contribution >= 0.6 is 11.8 Å². The molecule has 0 unspecified atom stereocenters. The molecule has 0 bridgehead atoms. The van der Waals surface area contributed by atoms with Gasteiger partial charge < -0.3 is 24.1 Å². The molecular weight excluding hydrogens is 418 g/mol. The number of ether oxygens (including phenoxy) is 4. The monoisotopic (exact) mass is 441 g/mol. The molecule has 162 valence electrons. The van der Waals surface area contributed by atoms with Crippen LogP contribution in [0.25, 0.3) is 6.08 Å². The van der Waals surface area contributed by atoms with Gasteiger partial charge in [0.15, 0.2) is 11.5 Å². The summed E-state index contributed by atoms with van der Waals surface area (Å²) in [6.07, 6.45) is 1.72. The number of esters is 1. The van der Waals surface area contributed by atoms with Crippen molar-refractivity contribution in [3.8, 4) is 17.2 Å². The molecule has 0 aliphatic carbocycles. The smallest absolute Gasteiger partial charge is 0.344 e. The minimum atomic E-state index is -0.629. The molecule has 3 rings (SSSR count). The van der Waals surface area contributed by atoms with Crippen molar-refractivity contribution in [2.45, 2.75) is 6.92 Å². The van der Waals surface area contributed by atoms with Gasteiger partial charge in [0, 0.05) is 0 Å². The van der Waals surface area contributed by atoms with E-state index in [4.69, 9.17) is 18.9 Å². The number of aliphatic hydroxyl groups excluding tert-OH is 1. The second kappa shape index (κ2) is 10.1. The van der Waals surface area contributed by atoms with Crippen molar-refractivity contribution in [1.29, 1.82) is 0 Å². The largest absolute Gasteiger partial charge is 0.506 e. The molecule has 1 heterocycles. The first kappa shape index (κ1) is 22.3. The molecule has 8 heteroatoms. The van der Waals surface area contributed by atoms with Crippen LogP contribution < -0.4 is 14.2 Å². The van der Waals surface area contributed by atoms with Gasteiger partial charge in [0.05, 0.1) is 38.5 Å². The summed E-state index contributed by atoms with van der Waals surface area (Å²) >= 11 is 1.18. The number of para-hydroxylation sites is 1. The van der Waals surface area contributed by atoms with Crippen molar-refractivity contribution in [2.24, 2.45) is 4.99 Å². The summed E-state index contributed by atoms with van der Waals surface area (Å²) in [6, 6.07) is 12.7. The number of benzene rings is 2. The van der Waals surface area contributed by atoms with Crippen molar-refractivity contribution in [3.05, 3.63) is 64.3 Å². The minimum absolute atomic E-state index is 0.0365. The van der Waals surface area contributed by atoms with E-state index in [1.165, 1.54) is 33.1 Å². The van der Waals surface area contributed by atoms with Crippen molar-refractivity contribution in [2.75, 3.05) is 27.9 Å². The van der Waals surface area contributed by atoms with E-state index < -0.39 is 5.97 Å². The molecular formula is C23H23NO6S. The van der Waals surface area contributed by atoms with Crippen LogP contribution in [-0.2, 0) is 9.53 Å². The summed E-state index contributed by atoms with van der Waals surface area (Å²) in [5.41, 5.74) is 1.38. The van der Waals surface area contributed by atoms with E-state index in [0.29, 0.717) is 38.4 Å². The molecule has 0 saturated carbocycles. The van der Waals surface area contributed by atoms with Crippen LogP contribution in [0.5, 0.6) is 17.2 Å². The lowest BCUT2D eigenvalue weighted by atomic mass is 10.1. The van der Waals surface area contributed by atoms with E-state index in [2.05, 4.69) is 4.99 Å². The predicted molar refractivity (Wildman–Crippen MR) is 121 cm³/mol. The zero-order chi connectivity index (χ0) is 22.4. The maximum atomic E-state index is 12.5. The third-order valence-electron chi connectivity index (χ3n) is 4.34. The second-order valence-electron chi connectivity index (χ2n) is 6.27. The Hall–Kier alpha value is -3.39. The van der Waals surface area contributed by atoms with Crippen LogP contribution in [-0.4, -0.2) is 44.1 Å². The van der Waals surface area contributed by atoms with E-state index in [1.807, 2.05) is 30.3 Å². The molecule has 1 aliphatic heterocycles. The third kappa shape index (κ3) is 4.86. The Morgan fingerprint density at radius 2 is 1.71 bits per heavy atom. The Labute approximate surface area is 185 Å². The van der Waals surface area contributed by atoms with Crippen molar-refractivity contribution < 1.29 is 28.8 Å². The van der Waals surface area contributed by atoms with Crippen LogP contribution in [0.2, 0.25) is 0 Å². The summed E-state index contributed by atoms with van der Waals surface area (Å²) in [6.45, 7) is 1.89. The number of hydrogen-bond acceptors (Lipinski definition) is 8. The standard InChI is InChI=1S/C23H23NO6S/c1-5-30-23(26)19-20(25)18(31-22(19)24-15-9-7-6-8-10-15)13-14-11-16(27-2)21(29-4)17(12-14)28-3/h6-13,25H,5H2,1-4H3/b18-13+,24-22?. The Balaban J connectivity index is 2.08. The molecule has 1 N–H and O–H groups in total. The maximum Gasteiger partial charge on any atom is 0.344 e. The van der Waals surface area contributed by atoms with E-state index in [0.717, 1.165) is 0 Å². The topological polar surface area (TPSA) is 86.6 Å². The van der Waals surface area contributed by atoms with E-state index >= 15 is 0 Å². The van der Waals surface area contributed by atoms with E-state index in [-0.39, 0.29) is 17.9 Å². The fraction of sp³-hybridized carbons (Fsp3) is 0.217. The van der Waals surface area contributed by atoms with Crippen molar-refractivity contribution >= 4 is 34.5 Å². The number of aliphatic hydroxyl groups is 1. The summed E-state index contributed by atoms with van der Waals surface area (Å²) < 4.78 is 21.3. The van der Waals surface area contributed by atoms with Gasteiger partial charge in [0.1, 0.15) is 16.4 Å². The van der Waals surface area contributed by atoms with Gasteiger partial charge in [-0.1, -0.05) is 30.0 Å². The molecule has 0 fully saturated rings. The molecule has 7 nitrogen and oxygen atoms in total. The van der Waals surface area contributed by atoms with E-state index in [1.54, 1.807) is 25.1 Å². The second-order valence-corrected chi connectivity index (χ2v) is 7.30. The number of methoxy groups -OCH3 is 3. The van der Waals surface area contributed by atoms with Gasteiger partial charge in [0.2, 0.25) is 5.75 Å². The maximum absolute atomic E-state index is 12.5. The van der Waals surface area contributed by atoms with Gasteiger partial charge in [-0.25, -0.2) is 9.79 Å². The molecule has 2 aromatic rings. The minimum Gasteiger partial charge on any atom is -0.506 e. The fourth-order valence-corrected chi connectivity index (χ4v) is 3.98. The van der Waals surface area contributed by atoms with Gasteiger partial charge >= 0.3 is 5.97 Å². The average Bonchev–Trinajstić information content (AvgIpc) is 3.08. The lowest BCUT2D eigenvalue weighted by Crippen LogP contribution is -2.12. The van der Waals surface area contributed by atoms with Gasteiger partial charge in [-0.2, -0.15) is 0 Å². The summed E-state index contributed by atoms with van der Waals surface area (Å²) in [5.74, 6) is 0.597. The highest BCUT2D eigenvalue weighted by molar-refractivity contribution is 8.18. The third-order valence-corrected chi connectivity index (χ3v) is 5.36. The SMILES string of the molecule is CCOC(=O)C1=C(O)/C(=C\c2cc(OC)c(OC)c(OC)c2)SC1=Nc1ccccc1. The highest BCUT2D eigenvalue weighted by Crippen LogP contribution is 2.43. The Kier molecular flexibility index (Phi) is 7.25. The lowest BCUT2D eigenvalue weighted by Gasteiger charge is -2.13. The number of nitrogens with zero attached hydrogens (tertiary/aromatic N) is 1. The normalized spacial score (nSPS) is 16.0. The Bertz CT molecular complexity index is 1030. The highest BCUT2D eigenvalue weighted by Gasteiger charge is 2.33. The Morgan fingerprint density at radius 1 is 1.06 bits per heavy atom. The van der Waals surface area contributed by atoms with Crippen LogP contribution in [0, 0.1) is 0 Å². The zero-order valence-corrected chi connectivity index (χ0v) is 18.5. The van der Waals surface area contributed by atoms with Crippen molar-refractivity contribution in [1.82, 2.24) is 0 Å². The summed E-state index contributed by atoms with van der Waals surface area (Å²) in [7, 11) is 4.58. The van der Waals surface area contributed by atoms with Crippen LogP contribution in [0.3, 0.4) is 0 Å². The first-order chi connectivity index (χ1) is 15.0. The number of hydrogen-bond donors (Lipinski definition) is 1. The molecule has 0 aromatic heterocycles. The number of carbonyl (C=O) groups excluding carboxylic acids is 1. The molecule has 1 aliphatic rings. The zero-order valence-electron chi connectivity index (χ0n) is 17.7. The van der Waals surface area contributed by atoms with Gasteiger partial charge in [0.25, 0.3) is 0 Å². The highest BCUT2D eigenvalue weighted by atomic mass is 32.2. The first-order valence-corrected chi connectivity index (χ1v) is 10.3. The van der Waals surface area contributed by atoms with Crippen LogP contribution in [0.4, 0.5) is 5.69 Å². The molecule has 0 amide bonds. The summed E-state index contributed by atoms with van der Waals surface area (Å²) in [5, 5.41) is 11.2. The molecule has 0 radical (unpaired) electrons. The quantitative estimate of drug-likeness (QED) is 0.611.